The van der Waals surface area contributed by atoms with E-state index in [0.717, 1.165) is 6.42 Å². The fourth-order valence-corrected chi connectivity index (χ4v) is 1.98. The van der Waals surface area contributed by atoms with E-state index in [1.165, 1.54) is 0 Å². The summed E-state index contributed by atoms with van der Waals surface area (Å²) in [5.74, 6) is 0. The van der Waals surface area contributed by atoms with Crippen LogP contribution < -0.4 is 0 Å². The minimum atomic E-state index is 0.252. The molecule has 1 rings (SSSR count). The Hall–Kier alpha value is 0.120. The monoisotopic (exact) mass is 160 g/mol. The maximum atomic E-state index is 5.81. The molecule has 2 heteroatoms. The molecule has 0 saturated heterocycles. The highest BCUT2D eigenvalue weighted by molar-refractivity contribution is 8.02. The molecule has 0 saturated carbocycles. The van der Waals surface area contributed by atoms with Crippen molar-refractivity contribution in [2.45, 2.75) is 17.0 Å². The molecule has 1 aliphatic carbocycles. The van der Waals surface area contributed by atoms with E-state index >= 15 is 0 Å². The van der Waals surface area contributed by atoms with Gasteiger partial charge < -0.3 is 0 Å². The summed E-state index contributed by atoms with van der Waals surface area (Å²) < 4.78 is 0. The maximum Gasteiger partial charge on any atom is 0.0530 e. The first kappa shape index (κ1) is 7.23. The molecule has 0 aromatic carbocycles. The Labute approximate surface area is 65.0 Å². The second kappa shape index (κ2) is 3.33. The Bertz CT molecular complexity index is 131. The molecule has 0 aromatic rings. The zero-order valence-electron chi connectivity index (χ0n) is 5.09. The first-order valence-corrected chi connectivity index (χ1v) is 4.29. The van der Waals surface area contributed by atoms with Gasteiger partial charge >= 0.3 is 0 Å². The Kier molecular flexibility index (Phi) is 2.67. The van der Waals surface area contributed by atoms with E-state index in [4.69, 9.17) is 11.6 Å². The molecule has 2 atom stereocenters. The fraction of sp³-hybridized carbons (Fsp3) is 0.429. The van der Waals surface area contributed by atoms with Crippen molar-refractivity contribution >= 4 is 23.4 Å². The summed E-state index contributed by atoms with van der Waals surface area (Å²) in [7, 11) is 0. The van der Waals surface area contributed by atoms with Crippen LogP contribution in [0.4, 0.5) is 0 Å². The van der Waals surface area contributed by atoms with Crippen LogP contribution >= 0.6 is 23.4 Å². The fourth-order valence-electron chi connectivity index (χ4n) is 0.848. The third-order valence-corrected chi connectivity index (χ3v) is 2.48. The first-order valence-electron chi connectivity index (χ1n) is 2.91. The van der Waals surface area contributed by atoms with Gasteiger partial charge in [0.15, 0.2) is 0 Å². The quantitative estimate of drug-likeness (QED) is 0.442. The molecule has 0 heterocycles. The SMILES string of the molecule is C=CSC1C=CC(Cl)C1. The number of hydrogen-bond acceptors (Lipinski definition) is 1. The molecular weight excluding hydrogens is 152 g/mol. The second-order valence-corrected chi connectivity index (χ2v) is 3.75. The van der Waals surface area contributed by atoms with Crippen molar-refractivity contribution in [3.8, 4) is 0 Å². The number of hydrogen-bond donors (Lipinski definition) is 0. The molecule has 0 nitrogen and oxygen atoms in total. The van der Waals surface area contributed by atoms with Gasteiger partial charge in [0.1, 0.15) is 0 Å². The number of alkyl halides is 1. The smallest absolute Gasteiger partial charge is 0.0530 e. The van der Waals surface area contributed by atoms with Crippen molar-refractivity contribution in [1.82, 2.24) is 0 Å². The largest absolute Gasteiger partial charge is 0.127 e. The van der Waals surface area contributed by atoms with Crippen LogP contribution in [0.2, 0.25) is 0 Å². The molecule has 0 radical (unpaired) electrons. The highest BCUT2D eigenvalue weighted by atomic mass is 35.5. The summed E-state index contributed by atoms with van der Waals surface area (Å²) in [4.78, 5) is 0. The molecule has 0 amide bonds. The number of thioether (sulfide) groups is 1. The van der Waals surface area contributed by atoms with Gasteiger partial charge in [-0.2, -0.15) is 0 Å². The van der Waals surface area contributed by atoms with Crippen LogP contribution in [-0.2, 0) is 0 Å². The molecular formula is C7H9ClS. The van der Waals surface area contributed by atoms with E-state index in [2.05, 4.69) is 12.7 Å². The zero-order chi connectivity index (χ0) is 6.69. The van der Waals surface area contributed by atoms with Crippen molar-refractivity contribution in [2.75, 3.05) is 0 Å². The number of halogens is 1. The lowest BCUT2D eigenvalue weighted by molar-refractivity contribution is 0.953. The van der Waals surface area contributed by atoms with Crippen LogP contribution in [0.5, 0.6) is 0 Å². The van der Waals surface area contributed by atoms with Gasteiger partial charge in [-0.15, -0.1) is 23.4 Å². The van der Waals surface area contributed by atoms with Crippen molar-refractivity contribution in [3.05, 3.63) is 24.1 Å². The van der Waals surface area contributed by atoms with Gasteiger partial charge in [0.05, 0.1) is 5.38 Å². The molecule has 1 aliphatic rings. The lowest BCUT2D eigenvalue weighted by atomic mass is 10.3. The van der Waals surface area contributed by atoms with Gasteiger partial charge in [-0.05, 0) is 11.8 Å². The Morgan fingerprint density at radius 3 is 2.89 bits per heavy atom. The molecule has 0 spiro atoms. The zero-order valence-corrected chi connectivity index (χ0v) is 6.66. The standard InChI is InChI=1S/C7H9ClS/c1-2-9-7-4-3-6(8)5-7/h2-4,6-7H,1,5H2. The van der Waals surface area contributed by atoms with E-state index in [1.54, 1.807) is 11.8 Å². The summed E-state index contributed by atoms with van der Waals surface area (Å²) >= 11 is 7.54. The predicted molar refractivity (Wildman–Crippen MR) is 45.0 cm³/mol. The van der Waals surface area contributed by atoms with Crippen LogP contribution in [0.1, 0.15) is 6.42 Å². The maximum absolute atomic E-state index is 5.81. The van der Waals surface area contributed by atoms with E-state index in [0.29, 0.717) is 5.25 Å². The van der Waals surface area contributed by atoms with Gasteiger partial charge in [-0.25, -0.2) is 0 Å². The average Bonchev–Trinajstić information content (AvgIpc) is 2.17. The number of allylic oxidation sites excluding steroid dienone is 1. The molecule has 50 valence electrons. The lowest BCUT2D eigenvalue weighted by Crippen LogP contribution is -1.95. The second-order valence-electron chi connectivity index (χ2n) is 1.98. The van der Waals surface area contributed by atoms with Crippen molar-refractivity contribution in [2.24, 2.45) is 0 Å². The van der Waals surface area contributed by atoms with Crippen molar-refractivity contribution < 1.29 is 0 Å². The Morgan fingerprint density at radius 2 is 2.44 bits per heavy atom. The minimum Gasteiger partial charge on any atom is -0.127 e. The van der Waals surface area contributed by atoms with E-state index in [-0.39, 0.29) is 5.38 Å². The van der Waals surface area contributed by atoms with Crippen LogP contribution in [0.3, 0.4) is 0 Å². The highest BCUT2D eigenvalue weighted by Gasteiger charge is 2.14. The summed E-state index contributed by atoms with van der Waals surface area (Å²) in [6.45, 7) is 3.64. The van der Waals surface area contributed by atoms with Gasteiger partial charge in [0, 0.05) is 5.25 Å². The van der Waals surface area contributed by atoms with Crippen LogP contribution in [-0.4, -0.2) is 10.6 Å². The molecule has 0 aromatic heterocycles. The summed E-state index contributed by atoms with van der Waals surface area (Å²) in [5, 5.41) is 2.69. The topological polar surface area (TPSA) is 0 Å². The van der Waals surface area contributed by atoms with Crippen LogP contribution in [0.15, 0.2) is 24.1 Å². The Balaban J connectivity index is 2.31. The molecule has 0 fully saturated rings. The van der Waals surface area contributed by atoms with Crippen LogP contribution in [0.25, 0.3) is 0 Å². The third-order valence-electron chi connectivity index (χ3n) is 1.26. The van der Waals surface area contributed by atoms with E-state index in [9.17, 15) is 0 Å². The first-order chi connectivity index (χ1) is 4.33. The molecule has 9 heavy (non-hydrogen) atoms. The van der Waals surface area contributed by atoms with Gasteiger partial charge in [-0.1, -0.05) is 18.7 Å². The number of rotatable bonds is 2. The molecule has 0 N–H and O–H groups in total. The van der Waals surface area contributed by atoms with Gasteiger partial charge in [0.25, 0.3) is 0 Å². The summed E-state index contributed by atoms with van der Waals surface area (Å²) in [5.41, 5.74) is 0. The van der Waals surface area contributed by atoms with Gasteiger partial charge in [-0.3, -0.25) is 0 Å². The molecule has 0 bridgehead atoms. The van der Waals surface area contributed by atoms with E-state index < -0.39 is 0 Å². The Morgan fingerprint density at radius 1 is 1.67 bits per heavy atom. The van der Waals surface area contributed by atoms with Crippen molar-refractivity contribution in [1.29, 1.82) is 0 Å². The normalized spacial score (nSPS) is 33.0. The lowest BCUT2D eigenvalue weighted by Gasteiger charge is -2.01. The summed E-state index contributed by atoms with van der Waals surface area (Å²) in [6.07, 6.45) is 5.24. The van der Waals surface area contributed by atoms with E-state index in [1.807, 2.05) is 11.5 Å². The minimum absolute atomic E-state index is 0.252. The van der Waals surface area contributed by atoms with Crippen LogP contribution in [0, 0.1) is 0 Å². The predicted octanol–water partition coefficient (Wildman–Crippen LogP) is 2.80. The summed E-state index contributed by atoms with van der Waals surface area (Å²) in [6, 6.07) is 0. The molecule has 2 unspecified atom stereocenters. The van der Waals surface area contributed by atoms with Crippen molar-refractivity contribution in [3.63, 3.8) is 0 Å². The third kappa shape index (κ3) is 2.07. The highest BCUT2D eigenvalue weighted by Crippen LogP contribution is 2.26. The molecule has 0 aliphatic heterocycles. The van der Waals surface area contributed by atoms with Gasteiger partial charge in [0.2, 0.25) is 0 Å². The average molecular weight is 161 g/mol.